The molecule has 1 rings (SSSR count). The van der Waals surface area contributed by atoms with Gasteiger partial charge in [0.25, 0.3) is 5.91 Å². The molecule has 0 bridgehead atoms. The number of carbonyl (C=O) groups is 1. The van der Waals surface area contributed by atoms with Crippen LogP contribution in [0, 0.1) is 0 Å². The second-order valence-corrected chi connectivity index (χ2v) is 7.45. The van der Waals surface area contributed by atoms with E-state index in [-0.39, 0.29) is 17.4 Å². The average Bonchev–Trinajstić information content (AvgIpc) is 2.41. The Hall–Kier alpha value is -1.23. The molecule has 1 unspecified atom stereocenters. The van der Waals surface area contributed by atoms with Gasteiger partial charge in [-0.05, 0) is 37.5 Å². The molecule has 1 atom stereocenters. The lowest BCUT2D eigenvalue weighted by molar-refractivity contribution is 0.0741. The second-order valence-electron chi connectivity index (χ2n) is 6.46. The number of aromatic nitrogens is 1. The number of nitrogens with zero attached hydrogens (tertiary/aromatic N) is 2. The van der Waals surface area contributed by atoms with Gasteiger partial charge in [-0.3, -0.25) is 4.79 Å². The first-order valence-electron chi connectivity index (χ1n) is 7.21. The fourth-order valence-electron chi connectivity index (χ4n) is 1.95. The van der Waals surface area contributed by atoms with Crippen molar-refractivity contribution in [2.24, 2.45) is 0 Å². The highest BCUT2D eigenvalue weighted by Gasteiger charge is 2.22. The van der Waals surface area contributed by atoms with E-state index < -0.39 is 0 Å². The zero-order chi connectivity index (χ0) is 16.2. The summed E-state index contributed by atoms with van der Waals surface area (Å²) in [7, 11) is 1.85. The molecule has 1 aromatic heterocycles. The number of thioether (sulfide) groups is 1. The molecule has 2 N–H and O–H groups in total. The number of rotatable bonds is 5. The van der Waals surface area contributed by atoms with Gasteiger partial charge in [0.05, 0.1) is 0 Å². The monoisotopic (exact) mass is 309 g/mol. The number of carbonyl (C=O) groups excluding carboxylic acids is 1. The van der Waals surface area contributed by atoms with E-state index in [0.29, 0.717) is 11.4 Å². The first-order valence-corrected chi connectivity index (χ1v) is 8.60. The van der Waals surface area contributed by atoms with E-state index >= 15 is 0 Å². The maximum absolute atomic E-state index is 12.6. The number of hydrogen-bond donors (Lipinski definition) is 1. The van der Waals surface area contributed by atoms with Crippen LogP contribution in [0.3, 0.4) is 0 Å². The van der Waals surface area contributed by atoms with Crippen molar-refractivity contribution in [3.8, 4) is 0 Å². The molecular formula is C16H27N3OS. The van der Waals surface area contributed by atoms with Crippen molar-refractivity contribution < 1.29 is 4.79 Å². The molecule has 21 heavy (non-hydrogen) atoms. The molecule has 0 saturated heterocycles. The van der Waals surface area contributed by atoms with Gasteiger partial charge in [-0.2, -0.15) is 11.8 Å². The smallest absolute Gasteiger partial charge is 0.254 e. The first-order chi connectivity index (χ1) is 9.66. The molecule has 0 aliphatic carbocycles. The Morgan fingerprint density at radius 1 is 1.43 bits per heavy atom. The standard InChI is InChI=1S/C16H27N3OS/c1-11(7-8-21-6)19(5)15(20)12-9-13(16(2,3)4)18-14(17)10-12/h9-11H,7-8H2,1-6H3,(H2,17,18). The van der Waals surface area contributed by atoms with Crippen molar-refractivity contribution in [1.29, 1.82) is 0 Å². The van der Waals surface area contributed by atoms with Gasteiger partial charge >= 0.3 is 0 Å². The Bertz CT molecular complexity index is 497. The van der Waals surface area contributed by atoms with Crippen LogP contribution in [0.1, 0.15) is 50.2 Å². The average molecular weight is 309 g/mol. The second kappa shape index (κ2) is 7.16. The summed E-state index contributed by atoms with van der Waals surface area (Å²) in [5.74, 6) is 1.45. The summed E-state index contributed by atoms with van der Waals surface area (Å²) in [6, 6.07) is 3.73. The molecular weight excluding hydrogens is 282 g/mol. The van der Waals surface area contributed by atoms with Crippen molar-refractivity contribution in [2.45, 2.75) is 45.6 Å². The molecule has 5 heteroatoms. The van der Waals surface area contributed by atoms with Crippen LogP contribution in [0.2, 0.25) is 0 Å². The van der Waals surface area contributed by atoms with Gasteiger partial charge in [-0.1, -0.05) is 20.8 Å². The van der Waals surface area contributed by atoms with Crippen LogP contribution in [0.15, 0.2) is 12.1 Å². The van der Waals surface area contributed by atoms with E-state index in [0.717, 1.165) is 17.9 Å². The lowest BCUT2D eigenvalue weighted by atomic mass is 9.90. The number of amides is 1. The predicted molar refractivity (Wildman–Crippen MR) is 91.9 cm³/mol. The van der Waals surface area contributed by atoms with Crippen molar-refractivity contribution in [2.75, 3.05) is 24.8 Å². The van der Waals surface area contributed by atoms with Gasteiger partial charge in [-0.15, -0.1) is 0 Å². The van der Waals surface area contributed by atoms with Crippen LogP contribution in [0.4, 0.5) is 5.82 Å². The number of nitrogens with two attached hydrogens (primary N) is 1. The number of pyridine rings is 1. The van der Waals surface area contributed by atoms with Gasteiger partial charge in [0.1, 0.15) is 5.82 Å². The lowest BCUT2D eigenvalue weighted by Crippen LogP contribution is -2.35. The van der Waals surface area contributed by atoms with Crippen molar-refractivity contribution in [1.82, 2.24) is 9.88 Å². The highest BCUT2D eigenvalue weighted by Crippen LogP contribution is 2.23. The molecule has 0 spiro atoms. The third-order valence-electron chi connectivity index (χ3n) is 3.58. The summed E-state index contributed by atoms with van der Waals surface area (Å²) in [6.45, 7) is 8.26. The van der Waals surface area contributed by atoms with E-state index in [1.54, 1.807) is 22.7 Å². The van der Waals surface area contributed by atoms with Gasteiger partial charge in [-0.25, -0.2) is 4.98 Å². The topological polar surface area (TPSA) is 59.2 Å². The minimum atomic E-state index is -0.131. The molecule has 0 radical (unpaired) electrons. The largest absolute Gasteiger partial charge is 0.384 e. The van der Waals surface area contributed by atoms with E-state index in [1.165, 1.54) is 0 Å². The Balaban J connectivity index is 2.99. The zero-order valence-electron chi connectivity index (χ0n) is 13.9. The third-order valence-corrected chi connectivity index (χ3v) is 4.23. The quantitative estimate of drug-likeness (QED) is 0.907. The zero-order valence-corrected chi connectivity index (χ0v) is 14.8. The normalized spacial score (nSPS) is 13.0. The van der Waals surface area contributed by atoms with Crippen LogP contribution in [0.25, 0.3) is 0 Å². The fraction of sp³-hybridized carbons (Fsp3) is 0.625. The summed E-state index contributed by atoms with van der Waals surface area (Å²) in [5.41, 5.74) is 7.19. The summed E-state index contributed by atoms with van der Waals surface area (Å²) >= 11 is 1.80. The van der Waals surface area contributed by atoms with Gasteiger partial charge in [0.2, 0.25) is 0 Å². The summed E-state index contributed by atoms with van der Waals surface area (Å²) < 4.78 is 0. The molecule has 1 amide bonds. The molecule has 0 fully saturated rings. The van der Waals surface area contributed by atoms with Crippen LogP contribution >= 0.6 is 11.8 Å². The Kier molecular flexibility index (Phi) is 6.08. The molecule has 0 aromatic carbocycles. The van der Waals surface area contributed by atoms with Crippen molar-refractivity contribution >= 4 is 23.5 Å². The number of anilines is 1. The SMILES string of the molecule is CSCCC(C)N(C)C(=O)c1cc(N)nc(C(C)(C)C)c1. The number of hydrogen-bond acceptors (Lipinski definition) is 4. The first kappa shape index (κ1) is 17.8. The molecule has 0 saturated carbocycles. The lowest BCUT2D eigenvalue weighted by Gasteiger charge is -2.26. The summed E-state index contributed by atoms with van der Waals surface area (Å²) in [5, 5.41) is 0. The van der Waals surface area contributed by atoms with E-state index in [4.69, 9.17) is 5.73 Å². The highest BCUT2D eigenvalue weighted by atomic mass is 32.2. The van der Waals surface area contributed by atoms with Gasteiger partial charge in [0.15, 0.2) is 0 Å². The van der Waals surface area contributed by atoms with E-state index in [9.17, 15) is 4.79 Å². The minimum absolute atomic E-state index is 0.00297. The van der Waals surface area contributed by atoms with Gasteiger partial charge in [0, 0.05) is 29.8 Å². The predicted octanol–water partition coefficient (Wildman–Crippen LogP) is 3.17. The molecule has 4 nitrogen and oxygen atoms in total. The highest BCUT2D eigenvalue weighted by molar-refractivity contribution is 7.98. The van der Waals surface area contributed by atoms with E-state index in [1.807, 2.05) is 13.1 Å². The van der Waals surface area contributed by atoms with E-state index in [2.05, 4.69) is 38.9 Å². The Morgan fingerprint density at radius 2 is 2.05 bits per heavy atom. The Morgan fingerprint density at radius 3 is 2.57 bits per heavy atom. The molecule has 1 aromatic rings. The maximum Gasteiger partial charge on any atom is 0.254 e. The van der Waals surface area contributed by atoms with Crippen molar-refractivity contribution in [3.05, 3.63) is 23.4 Å². The summed E-state index contributed by atoms with van der Waals surface area (Å²) in [6.07, 6.45) is 3.06. The molecule has 0 aliphatic heterocycles. The molecule has 118 valence electrons. The van der Waals surface area contributed by atoms with Crippen LogP contribution in [-0.4, -0.2) is 40.9 Å². The van der Waals surface area contributed by atoms with Crippen LogP contribution in [0.5, 0.6) is 0 Å². The van der Waals surface area contributed by atoms with Gasteiger partial charge < -0.3 is 10.6 Å². The number of nitrogen functional groups attached to an aromatic ring is 1. The summed E-state index contributed by atoms with van der Waals surface area (Å²) in [4.78, 5) is 18.8. The Labute approximate surface area is 132 Å². The van der Waals surface area contributed by atoms with Crippen LogP contribution < -0.4 is 5.73 Å². The molecule has 1 heterocycles. The minimum Gasteiger partial charge on any atom is -0.384 e. The maximum atomic E-state index is 12.6. The van der Waals surface area contributed by atoms with Crippen molar-refractivity contribution in [3.63, 3.8) is 0 Å². The third kappa shape index (κ3) is 4.92. The van der Waals surface area contributed by atoms with Crippen LogP contribution in [-0.2, 0) is 5.41 Å². The molecule has 0 aliphatic rings. The fourth-order valence-corrected chi connectivity index (χ4v) is 2.52.